The summed E-state index contributed by atoms with van der Waals surface area (Å²) in [5.74, 6) is -0.926. The number of halogens is 3. The van der Waals surface area contributed by atoms with Crippen LogP contribution in [0.1, 0.15) is 29.7 Å². The lowest BCUT2D eigenvalue weighted by molar-refractivity contribution is -0.139. The van der Waals surface area contributed by atoms with Gasteiger partial charge in [-0.2, -0.15) is 23.0 Å². The van der Waals surface area contributed by atoms with Crippen LogP contribution in [-0.2, 0) is 30.1 Å². The van der Waals surface area contributed by atoms with Crippen LogP contribution in [0.15, 0.2) is 71.3 Å². The Hall–Kier alpha value is -3.95. The first-order chi connectivity index (χ1) is 16.8. The molecule has 0 saturated heterocycles. The minimum absolute atomic E-state index is 0.0472. The van der Waals surface area contributed by atoms with Crippen LogP contribution in [0.5, 0.6) is 0 Å². The van der Waals surface area contributed by atoms with Crippen LogP contribution in [0.2, 0.25) is 0 Å². The zero-order valence-corrected chi connectivity index (χ0v) is 19.9. The van der Waals surface area contributed by atoms with Gasteiger partial charge >= 0.3 is 18.2 Å². The summed E-state index contributed by atoms with van der Waals surface area (Å²) in [5, 5.41) is 11.7. The number of anilines is 1. The predicted molar refractivity (Wildman–Crippen MR) is 125 cm³/mol. The van der Waals surface area contributed by atoms with E-state index in [4.69, 9.17) is 4.74 Å². The lowest BCUT2D eigenvalue weighted by Crippen LogP contribution is -2.48. The molecule has 2 aromatic rings. The monoisotopic (exact) mass is 520 g/mol. The Bertz CT molecular complexity index is 1360. The molecule has 8 nitrogen and oxygen atoms in total. The summed E-state index contributed by atoms with van der Waals surface area (Å²) >= 11 is 0. The molecule has 36 heavy (non-hydrogen) atoms. The highest BCUT2D eigenvalue weighted by atomic mass is 32.3. The number of urea groups is 1. The number of carbonyl (C=O) groups excluding carboxylic acids is 2. The van der Waals surface area contributed by atoms with E-state index in [-0.39, 0.29) is 39.6 Å². The van der Waals surface area contributed by atoms with Gasteiger partial charge in [0.1, 0.15) is 12.9 Å². The van der Waals surface area contributed by atoms with Gasteiger partial charge in [-0.15, -0.1) is 0 Å². The van der Waals surface area contributed by atoms with Crippen LogP contribution in [0.3, 0.4) is 0 Å². The van der Waals surface area contributed by atoms with E-state index in [2.05, 4.69) is 11.9 Å². The molecule has 188 valence electrons. The number of nitrogens with one attached hydrogen (secondary N) is 1. The minimum Gasteiger partial charge on any atom is -0.458 e. The molecule has 2 N–H and O–H groups in total. The number of allylic oxidation sites excluding steroid dienone is 1. The third-order valence-electron chi connectivity index (χ3n) is 5.33. The topological polar surface area (TPSA) is 120 Å². The van der Waals surface area contributed by atoms with Gasteiger partial charge in [-0.25, -0.2) is 9.59 Å². The fraction of sp³-hybridized carbons (Fsp3) is 0.208. The van der Waals surface area contributed by atoms with E-state index in [1.807, 2.05) is 6.07 Å². The van der Waals surface area contributed by atoms with Gasteiger partial charge in [0.15, 0.2) is 4.90 Å². The number of ether oxygens (including phenoxy) is 1. The quantitative estimate of drug-likeness (QED) is 0.320. The molecule has 3 rings (SSSR count). The van der Waals surface area contributed by atoms with Crippen molar-refractivity contribution in [2.75, 3.05) is 17.8 Å². The molecular weight excluding hydrogens is 499 g/mol. The number of hydrogen-bond acceptors (Lipinski definition) is 5. The molecule has 0 saturated carbocycles. The summed E-state index contributed by atoms with van der Waals surface area (Å²) in [6.07, 6.45) is -2.36. The molecule has 1 aliphatic heterocycles. The number of benzene rings is 2. The van der Waals surface area contributed by atoms with E-state index in [0.717, 1.165) is 29.4 Å². The Morgan fingerprint density at radius 2 is 2.03 bits per heavy atom. The smallest absolute Gasteiger partial charge is 0.416 e. The summed E-state index contributed by atoms with van der Waals surface area (Å²) in [6.45, 7) is 4.61. The third-order valence-corrected chi connectivity index (χ3v) is 6.50. The molecule has 1 heterocycles. The van der Waals surface area contributed by atoms with Gasteiger partial charge in [-0.3, -0.25) is 4.90 Å². The Morgan fingerprint density at radius 3 is 2.61 bits per heavy atom. The SMILES string of the molecule is C=CCOC(=O)C1=C(C)N(c2cccc(C(F)(F)F)c2)C(=O)NC1c1ccc(C#N)cc1[S+](C)(=O)O. The van der Waals surface area contributed by atoms with E-state index in [0.29, 0.717) is 0 Å². The number of nitrogens with zero attached hydrogens (tertiary/aromatic N) is 2. The fourth-order valence-electron chi connectivity index (χ4n) is 3.76. The van der Waals surface area contributed by atoms with Crippen molar-refractivity contribution in [3.05, 3.63) is 83.1 Å². The standard InChI is InChI=1S/C24H20F3N3O5S/c1-4-10-35-22(31)20-14(2)30(17-7-5-6-16(12-17)24(25,26)27)23(32)29-21(20)18-9-8-15(13-28)11-19(18)36(3,33)34/h4-9,11-12,21H,1,10H2,2-3H3,(H-,29,32,33,34)/p+1. The molecule has 0 aliphatic carbocycles. The van der Waals surface area contributed by atoms with Gasteiger partial charge in [0.05, 0.1) is 34.5 Å². The van der Waals surface area contributed by atoms with Crippen molar-refractivity contribution in [1.82, 2.24) is 5.32 Å². The molecule has 0 radical (unpaired) electrons. The number of nitriles is 1. The maximum atomic E-state index is 13.3. The Kier molecular flexibility index (Phi) is 7.38. The summed E-state index contributed by atoms with van der Waals surface area (Å²) in [6, 6.07) is 7.51. The highest BCUT2D eigenvalue weighted by molar-refractivity contribution is 7.97. The van der Waals surface area contributed by atoms with E-state index < -0.39 is 40.0 Å². The van der Waals surface area contributed by atoms with Crippen LogP contribution in [-0.4, -0.2) is 29.4 Å². The van der Waals surface area contributed by atoms with E-state index in [1.165, 1.54) is 37.3 Å². The van der Waals surface area contributed by atoms with Gasteiger partial charge in [-0.05, 0) is 31.2 Å². The van der Waals surface area contributed by atoms with Crippen molar-refractivity contribution < 1.29 is 36.3 Å². The largest absolute Gasteiger partial charge is 0.458 e. The van der Waals surface area contributed by atoms with E-state index in [9.17, 15) is 36.8 Å². The van der Waals surface area contributed by atoms with Gasteiger partial charge in [-0.1, -0.05) is 29.0 Å². The second-order valence-electron chi connectivity index (χ2n) is 7.82. The maximum absolute atomic E-state index is 13.3. The summed E-state index contributed by atoms with van der Waals surface area (Å²) in [5.41, 5.74) is -1.27. The highest BCUT2D eigenvalue weighted by Crippen LogP contribution is 2.39. The molecule has 0 aromatic heterocycles. The number of esters is 1. The zero-order chi connectivity index (χ0) is 26.8. The van der Waals surface area contributed by atoms with Crippen LogP contribution in [0.25, 0.3) is 0 Å². The average Bonchev–Trinajstić information content (AvgIpc) is 2.81. The molecule has 0 fully saturated rings. The summed E-state index contributed by atoms with van der Waals surface area (Å²) in [7, 11) is -3.69. The Labute approximate surface area is 205 Å². The van der Waals surface area contributed by atoms with E-state index >= 15 is 0 Å². The van der Waals surface area contributed by atoms with Crippen molar-refractivity contribution in [3.8, 4) is 6.07 Å². The lowest BCUT2D eigenvalue weighted by atomic mass is 9.93. The van der Waals surface area contributed by atoms with Crippen molar-refractivity contribution in [1.29, 1.82) is 5.26 Å². The number of hydrogen-bond donors (Lipinski definition) is 2. The van der Waals surface area contributed by atoms with Gasteiger partial charge in [0, 0.05) is 17.3 Å². The maximum Gasteiger partial charge on any atom is 0.416 e. The van der Waals surface area contributed by atoms with Crippen LogP contribution in [0.4, 0.5) is 23.7 Å². The third kappa shape index (κ3) is 5.32. The molecule has 2 unspecified atom stereocenters. The van der Waals surface area contributed by atoms with Gasteiger partial charge in [0.2, 0.25) is 10.2 Å². The number of rotatable bonds is 6. The molecule has 2 atom stereocenters. The number of alkyl halides is 3. The first-order valence-electron chi connectivity index (χ1n) is 10.3. The first kappa shape index (κ1) is 26.7. The average molecular weight is 521 g/mol. The van der Waals surface area contributed by atoms with Crippen molar-refractivity contribution in [3.63, 3.8) is 0 Å². The summed E-state index contributed by atoms with van der Waals surface area (Å²) in [4.78, 5) is 26.9. The molecule has 0 bridgehead atoms. The van der Waals surface area contributed by atoms with Crippen LogP contribution < -0.4 is 10.2 Å². The first-order valence-corrected chi connectivity index (χ1v) is 12.2. The van der Waals surface area contributed by atoms with Crippen LogP contribution >= 0.6 is 0 Å². The van der Waals surface area contributed by atoms with Gasteiger partial charge < -0.3 is 10.1 Å². The molecule has 2 amide bonds. The zero-order valence-electron chi connectivity index (χ0n) is 19.1. The normalized spacial score (nSPS) is 17.6. The predicted octanol–water partition coefficient (Wildman–Crippen LogP) is 4.81. The van der Waals surface area contributed by atoms with Crippen molar-refractivity contribution >= 4 is 27.9 Å². The highest BCUT2D eigenvalue weighted by Gasteiger charge is 2.42. The summed E-state index contributed by atoms with van der Waals surface area (Å²) < 4.78 is 67.9. The molecule has 1 aliphatic rings. The second kappa shape index (κ2) is 9.96. The van der Waals surface area contributed by atoms with Crippen LogP contribution in [0, 0.1) is 11.3 Å². The fourth-order valence-corrected chi connectivity index (χ4v) is 4.72. The molecule has 2 aromatic carbocycles. The van der Waals surface area contributed by atoms with Crippen molar-refractivity contribution in [2.45, 2.75) is 24.0 Å². The number of carbonyl (C=O) groups is 2. The second-order valence-corrected chi connectivity index (χ2v) is 9.86. The Morgan fingerprint density at radius 1 is 1.33 bits per heavy atom. The Balaban J connectivity index is 2.26. The number of amides is 2. The molecular formula is C24H21F3N3O5S+. The van der Waals surface area contributed by atoms with Crippen molar-refractivity contribution in [2.24, 2.45) is 0 Å². The minimum atomic E-state index is -4.67. The van der Waals surface area contributed by atoms with E-state index in [1.54, 1.807) is 0 Å². The molecule has 12 heteroatoms. The molecule has 0 spiro atoms. The lowest BCUT2D eigenvalue weighted by Gasteiger charge is -2.35. The van der Waals surface area contributed by atoms with Gasteiger partial charge in [0.25, 0.3) is 0 Å².